The van der Waals surface area contributed by atoms with Crippen molar-refractivity contribution in [2.75, 3.05) is 6.61 Å². The van der Waals surface area contributed by atoms with Gasteiger partial charge < -0.3 is 10.2 Å². The molecule has 0 bridgehead atoms. The number of aliphatic hydroxyl groups excluding tert-OH is 2. The summed E-state index contributed by atoms with van der Waals surface area (Å²) in [5, 5.41) is 19.4. The fraction of sp³-hybridized carbons (Fsp3) is 0.800. The Morgan fingerprint density at radius 2 is 2.09 bits per heavy atom. The molecule has 0 spiro atoms. The number of fused-ring (bicyclic) bond motifs is 1. The monoisotopic (exact) mass is 306 g/mol. The topological polar surface area (TPSA) is 40.5 Å². The van der Waals surface area contributed by atoms with Crippen molar-refractivity contribution in [2.24, 2.45) is 22.7 Å². The van der Waals surface area contributed by atoms with E-state index in [0.717, 1.165) is 19.3 Å². The second-order valence-corrected chi connectivity index (χ2v) is 8.30. The number of aliphatic hydroxyl groups is 2. The van der Waals surface area contributed by atoms with Gasteiger partial charge in [0, 0.05) is 0 Å². The van der Waals surface area contributed by atoms with E-state index in [1.165, 1.54) is 24.0 Å². The molecule has 126 valence electrons. The lowest BCUT2D eigenvalue weighted by molar-refractivity contribution is -0.0650. The van der Waals surface area contributed by atoms with Crippen LogP contribution in [0.4, 0.5) is 0 Å². The molecule has 2 aliphatic rings. The highest BCUT2D eigenvalue weighted by atomic mass is 16.3. The Morgan fingerprint density at radius 3 is 2.73 bits per heavy atom. The second-order valence-electron chi connectivity index (χ2n) is 8.30. The summed E-state index contributed by atoms with van der Waals surface area (Å²) in [6.07, 6.45) is 9.35. The predicted molar refractivity (Wildman–Crippen MR) is 92.6 cm³/mol. The van der Waals surface area contributed by atoms with Crippen molar-refractivity contribution in [1.29, 1.82) is 0 Å². The van der Waals surface area contributed by atoms with Crippen LogP contribution in [0.5, 0.6) is 0 Å². The van der Waals surface area contributed by atoms with E-state index in [-0.39, 0.29) is 23.5 Å². The molecule has 0 aromatic carbocycles. The zero-order chi connectivity index (χ0) is 16.5. The largest absolute Gasteiger partial charge is 0.392 e. The second kappa shape index (κ2) is 6.49. The summed E-state index contributed by atoms with van der Waals surface area (Å²) in [5.41, 5.74) is 3.17. The maximum Gasteiger partial charge on any atom is 0.0726 e. The van der Waals surface area contributed by atoms with Gasteiger partial charge in [-0.05, 0) is 68.6 Å². The van der Waals surface area contributed by atoms with Gasteiger partial charge in [0.25, 0.3) is 0 Å². The van der Waals surface area contributed by atoms with E-state index in [9.17, 15) is 5.11 Å². The highest BCUT2D eigenvalue weighted by molar-refractivity contribution is 5.23. The van der Waals surface area contributed by atoms with Crippen LogP contribution in [0.2, 0.25) is 0 Å². The van der Waals surface area contributed by atoms with Gasteiger partial charge in [-0.1, -0.05) is 44.1 Å². The average Bonchev–Trinajstić information content (AvgIpc) is 2.45. The zero-order valence-electron chi connectivity index (χ0n) is 15.0. The molecule has 1 fully saturated rings. The minimum Gasteiger partial charge on any atom is -0.392 e. The van der Waals surface area contributed by atoms with Gasteiger partial charge in [0.1, 0.15) is 0 Å². The molecule has 5 atom stereocenters. The average molecular weight is 306 g/mol. The molecular weight excluding hydrogens is 272 g/mol. The Hall–Kier alpha value is -0.600. The van der Waals surface area contributed by atoms with E-state index in [1.807, 2.05) is 6.08 Å². The lowest BCUT2D eigenvalue weighted by Gasteiger charge is -2.58. The first kappa shape index (κ1) is 17.7. The molecule has 0 amide bonds. The minimum absolute atomic E-state index is 0.139. The Kier molecular flexibility index (Phi) is 5.23. The standard InChI is InChI=1S/C20H34O2/c1-14(8-11-21)6-9-19(4)15(2)7-10-20(5)16(3)12-17(22)13-18(19)20/h8,12,15,17-18,21-22H,6-7,9-11,13H2,1-5H3/b14-8+/t15-,17+,18-,19+,20+/m1/s1. The summed E-state index contributed by atoms with van der Waals surface area (Å²) < 4.78 is 0. The third kappa shape index (κ3) is 3.05. The molecule has 2 aliphatic carbocycles. The number of hydrogen-bond acceptors (Lipinski definition) is 2. The van der Waals surface area contributed by atoms with Crippen molar-refractivity contribution in [3.05, 3.63) is 23.3 Å². The fourth-order valence-corrected chi connectivity index (χ4v) is 5.03. The first-order chi connectivity index (χ1) is 10.2. The highest BCUT2D eigenvalue weighted by Crippen LogP contribution is 2.61. The smallest absolute Gasteiger partial charge is 0.0726 e. The number of hydrogen-bond donors (Lipinski definition) is 2. The van der Waals surface area contributed by atoms with Crippen LogP contribution in [0.1, 0.15) is 66.7 Å². The molecular formula is C20H34O2. The Bertz CT molecular complexity index is 464. The molecule has 2 heteroatoms. The van der Waals surface area contributed by atoms with Gasteiger partial charge in [-0.15, -0.1) is 0 Å². The molecule has 2 N–H and O–H groups in total. The molecule has 2 rings (SSSR count). The summed E-state index contributed by atoms with van der Waals surface area (Å²) in [6, 6.07) is 0. The van der Waals surface area contributed by atoms with Crippen molar-refractivity contribution in [3.63, 3.8) is 0 Å². The van der Waals surface area contributed by atoms with E-state index in [4.69, 9.17) is 5.11 Å². The predicted octanol–water partition coefficient (Wildman–Crippen LogP) is 4.47. The first-order valence-electron chi connectivity index (χ1n) is 8.87. The Morgan fingerprint density at radius 1 is 1.41 bits per heavy atom. The van der Waals surface area contributed by atoms with Crippen molar-refractivity contribution in [2.45, 2.75) is 72.8 Å². The molecule has 0 aliphatic heterocycles. The lowest BCUT2D eigenvalue weighted by atomic mass is 9.46. The summed E-state index contributed by atoms with van der Waals surface area (Å²) in [7, 11) is 0. The van der Waals surface area contributed by atoms with Crippen LogP contribution in [0.15, 0.2) is 23.3 Å². The third-order valence-electron chi connectivity index (χ3n) is 7.11. The molecule has 1 saturated carbocycles. The summed E-state index contributed by atoms with van der Waals surface area (Å²) >= 11 is 0. The van der Waals surface area contributed by atoms with Gasteiger partial charge in [0.15, 0.2) is 0 Å². The van der Waals surface area contributed by atoms with Crippen molar-refractivity contribution in [1.82, 2.24) is 0 Å². The van der Waals surface area contributed by atoms with Crippen LogP contribution in [0.3, 0.4) is 0 Å². The van der Waals surface area contributed by atoms with Gasteiger partial charge in [0.05, 0.1) is 12.7 Å². The SMILES string of the molecule is CC1=C[C@H](O)C[C@@H]2[C@@](C)(CC/C(C)=C/CO)[C@H](C)CC[C@@]12C. The van der Waals surface area contributed by atoms with Gasteiger partial charge in [0.2, 0.25) is 0 Å². The Labute approximate surface area is 136 Å². The minimum atomic E-state index is -0.281. The maximum atomic E-state index is 10.3. The maximum absolute atomic E-state index is 10.3. The van der Waals surface area contributed by atoms with E-state index in [0.29, 0.717) is 11.8 Å². The van der Waals surface area contributed by atoms with Crippen molar-refractivity contribution in [3.8, 4) is 0 Å². The quantitative estimate of drug-likeness (QED) is 0.752. The van der Waals surface area contributed by atoms with E-state index >= 15 is 0 Å². The molecule has 0 unspecified atom stereocenters. The molecule has 0 heterocycles. The van der Waals surface area contributed by atoms with Gasteiger partial charge in [-0.2, -0.15) is 0 Å². The summed E-state index contributed by atoms with van der Waals surface area (Å²) in [5.74, 6) is 1.23. The fourth-order valence-electron chi connectivity index (χ4n) is 5.03. The molecule has 0 aromatic rings. The molecule has 0 saturated heterocycles. The van der Waals surface area contributed by atoms with Crippen molar-refractivity contribution < 1.29 is 10.2 Å². The van der Waals surface area contributed by atoms with Gasteiger partial charge >= 0.3 is 0 Å². The van der Waals surface area contributed by atoms with Crippen LogP contribution >= 0.6 is 0 Å². The van der Waals surface area contributed by atoms with E-state index in [2.05, 4.69) is 40.7 Å². The first-order valence-corrected chi connectivity index (χ1v) is 8.87. The van der Waals surface area contributed by atoms with Crippen LogP contribution in [0, 0.1) is 22.7 Å². The summed E-state index contributed by atoms with van der Waals surface area (Å²) in [6.45, 7) is 11.7. The molecule has 22 heavy (non-hydrogen) atoms. The molecule has 0 aromatic heterocycles. The van der Waals surface area contributed by atoms with Crippen LogP contribution < -0.4 is 0 Å². The normalized spacial score (nSPS) is 42.8. The summed E-state index contributed by atoms with van der Waals surface area (Å²) in [4.78, 5) is 0. The van der Waals surface area contributed by atoms with Gasteiger partial charge in [-0.25, -0.2) is 0 Å². The number of allylic oxidation sites excluding steroid dienone is 2. The highest BCUT2D eigenvalue weighted by Gasteiger charge is 2.53. The van der Waals surface area contributed by atoms with Crippen LogP contribution in [0.25, 0.3) is 0 Å². The number of rotatable bonds is 4. The molecule has 2 nitrogen and oxygen atoms in total. The van der Waals surface area contributed by atoms with Crippen LogP contribution in [-0.2, 0) is 0 Å². The lowest BCUT2D eigenvalue weighted by Crippen LogP contribution is -2.51. The van der Waals surface area contributed by atoms with E-state index < -0.39 is 0 Å². The molecule has 0 radical (unpaired) electrons. The van der Waals surface area contributed by atoms with E-state index in [1.54, 1.807) is 0 Å². The van der Waals surface area contributed by atoms with Crippen LogP contribution in [-0.4, -0.2) is 22.9 Å². The Balaban J connectivity index is 2.28. The third-order valence-corrected chi connectivity index (χ3v) is 7.11. The van der Waals surface area contributed by atoms with Crippen molar-refractivity contribution >= 4 is 0 Å². The zero-order valence-corrected chi connectivity index (χ0v) is 15.0. The van der Waals surface area contributed by atoms with Gasteiger partial charge in [-0.3, -0.25) is 0 Å².